The van der Waals surface area contributed by atoms with Gasteiger partial charge in [-0.15, -0.1) is 6.58 Å². The standard InChI is InChI=1S/C35H37N3O5/c1-3-20-38(2)23-32-22-33(26-14-12-25(24-39)13-15-26)43-34(42-32)27-8-7-9-29(21-27)37-35(40)36-28-16-18-31(19-17-28)41-30-10-5-4-6-11-30/h3-19,21,32-34,39H,1,20,22-24H2,2H3,(H2,36,37,40). The Labute approximate surface area is 252 Å². The molecule has 2 amide bonds. The van der Waals surface area contributed by atoms with E-state index in [1.807, 2.05) is 92.0 Å². The van der Waals surface area contributed by atoms with Crippen LogP contribution in [0.4, 0.5) is 16.2 Å². The van der Waals surface area contributed by atoms with Gasteiger partial charge >= 0.3 is 6.03 Å². The number of urea groups is 1. The minimum absolute atomic E-state index is 0.00609. The van der Waals surface area contributed by atoms with Crippen molar-refractivity contribution in [1.82, 2.24) is 4.90 Å². The molecule has 1 fully saturated rings. The lowest BCUT2D eigenvalue weighted by Crippen LogP contribution is -2.37. The molecule has 0 saturated carbocycles. The summed E-state index contributed by atoms with van der Waals surface area (Å²) in [4.78, 5) is 15.0. The fourth-order valence-corrected chi connectivity index (χ4v) is 4.96. The number of aliphatic hydroxyl groups excluding tert-OH is 1. The molecule has 1 aliphatic rings. The number of hydrogen-bond acceptors (Lipinski definition) is 6. The SMILES string of the molecule is C=CCN(C)CC1CC(c2ccc(CO)cc2)OC(c2cccc(NC(=O)Nc3ccc(Oc4ccccc4)cc3)c2)O1. The highest BCUT2D eigenvalue weighted by atomic mass is 16.7. The number of para-hydroxylation sites is 1. The fraction of sp³-hybridized carbons (Fsp3) is 0.229. The van der Waals surface area contributed by atoms with Gasteiger partial charge in [0.05, 0.1) is 18.8 Å². The molecule has 1 heterocycles. The lowest BCUT2D eigenvalue weighted by Gasteiger charge is -2.37. The van der Waals surface area contributed by atoms with E-state index < -0.39 is 6.29 Å². The summed E-state index contributed by atoms with van der Waals surface area (Å²) >= 11 is 0. The first kappa shape index (κ1) is 30.0. The maximum absolute atomic E-state index is 12.8. The molecule has 0 bridgehead atoms. The average molecular weight is 580 g/mol. The molecule has 4 aromatic carbocycles. The minimum Gasteiger partial charge on any atom is -0.457 e. The number of anilines is 2. The predicted octanol–water partition coefficient (Wildman–Crippen LogP) is 7.28. The van der Waals surface area contributed by atoms with Gasteiger partial charge < -0.3 is 34.9 Å². The Kier molecular flexibility index (Phi) is 10.2. The van der Waals surface area contributed by atoms with Crippen molar-refractivity contribution in [2.24, 2.45) is 0 Å². The monoisotopic (exact) mass is 579 g/mol. The number of ether oxygens (including phenoxy) is 3. The Morgan fingerprint density at radius 2 is 1.63 bits per heavy atom. The summed E-state index contributed by atoms with van der Waals surface area (Å²) in [6, 6.07) is 31.6. The third kappa shape index (κ3) is 8.53. The number of likely N-dealkylation sites (N-methyl/N-ethyl adjacent to an activating group) is 1. The molecule has 0 radical (unpaired) electrons. The Morgan fingerprint density at radius 1 is 0.907 bits per heavy atom. The van der Waals surface area contributed by atoms with Crippen LogP contribution in [0.1, 0.15) is 35.5 Å². The van der Waals surface area contributed by atoms with Crippen molar-refractivity contribution in [3.05, 3.63) is 132 Å². The molecule has 43 heavy (non-hydrogen) atoms. The summed E-state index contributed by atoms with van der Waals surface area (Å²) in [7, 11) is 2.04. The van der Waals surface area contributed by atoms with Crippen LogP contribution in [0.3, 0.4) is 0 Å². The fourth-order valence-electron chi connectivity index (χ4n) is 4.96. The van der Waals surface area contributed by atoms with E-state index in [0.717, 1.165) is 29.0 Å². The summed E-state index contributed by atoms with van der Waals surface area (Å²) in [5, 5.41) is 15.2. The largest absolute Gasteiger partial charge is 0.457 e. The minimum atomic E-state index is -0.625. The molecule has 1 aliphatic heterocycles. The quantitative estimate of drug-likeness (QED) is 0.162. The third-order valence-corrected chi connectivity index (χ3v) is 7.08. The van der Waals surface area contributed by atoms with E-state index in [4.69, 9.17) is 14.2 Å². The molecule has 3 N–H and O–H groups in total. The Morgan fingerprint density at radius 3 is 2.35 bits per heavy atom. The molecule has 222 valence electrons. The molecule has 3 unspecified atom stereocenters. The van der Waals surface area contributed by atoms with Crippen LogP contribution >= 0.6 is 0 Å². The molecule has 8 heteroatoms. The molecule has 5 rings (SSSR count). The molecule has 0 aliphatic carbocycles. The zero-order valence-corrected chi connectivity index (χ0v) is 24.2. The van der Waals surface area contributed by atoms with Gasteiger partial charge in [-0.1, -0.05) is 60.7 Å². The van der Waals surface area contributed by atoms with Gasteiger partial charge in [0.2, 0.25) is 0 Å². The molecular weight excluding hydrogens is 542 g/mol. The van der Waals surface area contributed by atoms with Gasteiger partial charge in [0, 0.05) is 36.4 Å². The first-order valence-corrected chi connectivity index (χ1v) is 14.3. The van der Waals surface area contributed by atoms with E-state index in [1.165, 1.54) is 0 Å². The van der Waals surface area contributed by atoms with E-state index in [1.54, 1.807) is 24.3 Å². The highest BCUT2D eigenvalue weighted by Gasteiger charge is 2.32. The molecule has 0 spiro atoms. The van der Waals surface area contributed by atoms with Gasteiger partial charge in [0.25, 0.3) is 0 Å². The molecule has 1 saturated heterocycles. The van der Waals surface area contributed by atoms with Gasteiger partial charge in [-0.25, -0.2) is 4.79 Å². The summed E-state index contributed by atoms with van der Waals surface area (Å²) in [6.07, 6.45) is 1.66. The van der Waals surface area contributed by atoms with Crippen molar-refractivity contribution in [3.8, 4) is 11.5 Å². The van der Waals surface area contributed by atoms with E-state index in [9.17, 15) is 9.90 Å². The third-order valence-electron chi connectivity index (χ3n) is 7.08. The van der Waals surface area contributed by atoms with Crippen molar-refractivity contribution in [2.45, 2.75) is 31.5 Å². The van der Waals surface area contributed by atoms with Crippen LogP contribution in [-0.2, 0) is 16.1 Å². The smallest absolute Gasteiger partial charge is 0.323 e. The van der Waals surface area contributed by atoms with Crippen molar-refractivity contribution in [3.63, 3.8) is 0 Å². The second-order valence-electron chi connectivity index (χ2n) is 10.5. The molecule has 0 aromatic heterocycles. The summed E-state index contributed by atoms with van der Waals surface area (Å²) in [5.41, 5.74) is 3.92. The lowest BCUT2D eigenvalue weighted by molar-refractivity contribution is -0.252. The van der Waals surface area contributed by atoms with Crippen LogP contribution in [0, 0.1) is 0 Å². The maximum Gasteiger partial charge on any atom is 0.323 e. The number of amides is 2. The first-order valence-electron chi connectivity index (χ1n) is 14.3. The Bertz CT molecular complexity index is 1480. The topological polar surface area (TPSA) is 92.3 Å². The summed E-state index contributed by atoms with van der Waals surface area (Å²) in [5.74, 6) is 1.42. The van der Waals surface area contributed by atoms with Crippen LogP contribution in [0.25, 0.3) is 0 Å². The van der Waals surface area contributed by atoms with Gasteiger partial charge in [0.15, 0.2) is 6.29 Å². The van der Waals surface area contributed by atoms with Gasteiger partial charge in [-0.05, 0) is 66.7 Å². The molecular formula is C35H37N3O5. The number of aliphatic hydroxyl groups is 1. The highest BCUT2D eigenvalue weighted by Crippen LogP contribution is 2.38. The van der Waals surface area contributed by atoms with Crippen LogP contribution in [0.2, 0.25) is 0 Å². The Hall–Kier alpha value is -4.47. The number of rotatable bonds is 11. The first-order chi connectivity index (χ1) is 21.0. The number of carbonyl (C=O) groups excluding carboxylic acids is 1. The van der Waals surface area contributed by atoms with Gasteiger partial charge in [-0.2, -0.15) is 0 Å². The van der Waals surface area contributed by atoms with E-state index in [2.05, 4.69) is 22.1 Å². The Balaban J connectivity index is 1.24. The number of nitrogens with one attached hydrogen (secondary N) is 2. The van der Waals surface area contributed by atoms with Crippen molar-refractivity contribution < 1.29 is 24.1 Å². The summed E-state index contributed by atoms with van der Waals surface area (Å²) < 4.78 is 18.7. The number of hydrogen-bond donors (Lipinski definition) is 3. The van der Waals surface area contributed by atoms with Crippen LogP contribution in [0.5, 0.6) is 11.5 Å². The predicted molar refractivity (Wildman–Crippen MR) is 168 cm³/mol. The van der Waals surface area contributed by atoms with E-state index in [0.29, 0.717) is 30.1 Å². The highest BCUT2D eigenvalue weighted by molar-refractivity contribution is 5.99. The normalized spacial score (nSPS) is 18.2. The maximum atomic E-state index is 12.8. The van der Waals surface area contributed by atoms with Crippen molar-refractivity contribution >= 4 is 17.4 Å². The average Bonchev–Trinajstić information content (AvgIpc) is 3.02. The second kappa shape index (κ2) is 14.6. The van der Waals surface area contributed by atoms with Crippen LogP contribution in [0.15, 0.2) is 116 Å². The van der Waals surface area contributed by atoms with E-state index in [-0.39, 0.29) is 24.8 Å². The zero-order chi connectivity index (χ0) is 30.0. The number of carbonyl (C=O) groups is 1. The van der Waals surface area contributed by atoms with Crippen LogP contribution in [-0.4, -0.2) is 42.3 Å². The van der Waals surface area contributed by atoms with Crippen molar-refractivity contribution in [1.29, 1.82) is 0 Å². The molecule has 3 atom stereocenters. The number of nitrogens with zero attached hydrogens (tertiary/aromatic N) is 1. The zero-order valence-electron chi connectivity index (χ0n) is 24.2. The second-order valence-corrected chi connectivity index (χ2v) is 10.5. The van der Waals surface area contributed by atoms with Gasteiger partial charge in [-0.3, -0.25) is 0 Å². The van der Waals surface area contributed by atoms with Crippen molar-refractivity contribution in [2.75, 3.05) is 30.8 Å². The molecule has 8 nitrogen and oxygen atoms in total. The number of benzene rings is 4. The molecule has 4 aromatic rings. The lowest BCUT2D eigenvalue weighted by atomic mass is 9.99. The van der Waals surface area contributed by atoms with Crippen LogP contribution < -0.4 is 15.4 Å². The summed E-state index contributed by atoms with van der Waals surface area (Å²) in [6.45, 7) is 5.30. The van der Waals surface area contributed by atoms with E-state index >= 15 is 0 Å². The van der Waals surface area contributed by atoms with Gasteiger partial charge in [0.1, 0.15) is 11.5 Å².